The summed E-state index contributed by atoms with van der Waals surface area (Å²) in [6.45, 7) is 0. The number of H-pyrrole nitrogens is 1. The molecule has 160 valence electrons. The zero-order valence-corrected chi connectivity index (χ0v) is 17.5. The van der Waals surface area contributed by atoms with Crippen LogP contribution in [0.25, 0.3) is 22.4 Å². The highest BCUT2D eigenvalue weighted by Gasteiger charge is 2.22. The van der Waals surface area contributed by atoms with Gasteiger partial charge in [-0.25, -0.2) is 4.98 Å². The largest absolute Gasteiger partial charge is 0.338 e. The van der Waals surface area contributed by atoms with Crippen LogP contribution >= 0.6 is 0 Å². The second kappa shape index (κ2) is 8.63. The number of carbonyl (C=O) groups is 2. The molecule has 0 saturated heterocycles. The van der Waals surface area contributed by atoms with Crippen molar-refractivity contribution in [1.82, 2.24) is 15.0 Å². The van der Waals surface area contributed by atoms with Gasteiger partial charge in [-0.1, -0.05) is 12.8 Å². The molecule has 0 bridgehead atoms. The fourth-order valence-corrected chi connectivity index (χ4v) is 4.07. The zero-order valence-electron chi connectivity index (χ0n) is 17.5. The van der Waals surface area contributed by atoms with Crippen LogP contribution in [0.5, 0.6) is 0 Å². The van der Waals surface area contributed by atoms with Crippen molar-refractivity contribution in [3.8, 4) is 11.4 Å². The fraction of sp³-hybridized carbons (Fsp3) is 0.200. The van der Waals surface area contributed by atoms with Crippen molar-refractivity contribution in [2.45, 2.75) is 25.7 Å². The molecule has 2 aromatic heterocycles. The lowest BCUT2D eigenvalue weighted by molar-refractivity contribution is -0.119. The van der Waals surface area contributed by atoms with Gasteiger partial charge >= 0.3 is 0 Å². The van der Waals surface area contributed by atoms with Crippen LogP contribution in [0, 0.1) is 5.92 Å². The predicted octanol–water partition coefficient (Wildman–Crippen LogP) is 5.01. The summed E-state index contributed by atoms with van der Waals surface area (Å²) in [5.41, 5.74) is 4.51. The van der Waals surface area contributed by atoms with Crippen molar-refractivity contribution < 1.29 is 9.59 Å². The lowest BCUT2D eigenvalue weighted by Gasteiger charge is -2.10. The molecular formula is C25H23N5O2. The Bertz CT molecular complexity index is 1260. The van der Waals surface area contributed by atoms with E-state index in [0.29, 0.717) is 11.3 Å². The number of anilines is 2. The summed E-state index contributed by atoms with van der Waals surface area (Å²) >= 11 is 0. The number of carbonyl (C=O) groups excluding carboxylic acids is 2. The van der Waals surface area contributed by atoms with E-state index in [2.05, 4.69) is 25.6 Å². The van der Waals surface area contributed by atoms with Crippen LogP contribution in [0.4, 0.5) is 11.4 Å². The van der Waals surface area contributed by atoms with E-state index in [1.807, 2.05) is 42.5 Å². The Kier molecular flexibility index (Phi) is 5.37. The molecule has 32 heavy (non-hydrogen) atoms. The van der Waals surface area contributed by atoms with Crippen LogP contribution in [-0.4, -0.2) is 26.8 Å². The summed E-state index contributed by atoms with van der Waals surface area (Å²) in [6, 6.07) is 16.7. The third-order valence-corrected chi connectivity index (χ3v) is 5.82. The van der Waals surface area contributed by atoms with E-state index in [1.54, 1.807) is 18.3 Å². The maximum absolute atomic E-state index is 12.4. The second-order valence-corrected chi connectivity index (χ2v) is 8.06. The van der Waals surface area contributed by atoms with Crippen LogP contribution < -0.4 is 10.6 Å². The smallest absolute Gasteiger partial charge is 0.257 e. The molecule has 5 rings (SSSR count). The maximum atomic E-state index is 12.4. The first-order valence-electron chi connectivity index (χ1n) is 10.8. The SMILES string of the molecule is O=C(Nc1ccc2nc(-c3ccc(NC(=O)C4CCCC4)cc3)[nH]c2c1)c1cccnc1. The van der Waals surface area contributed by atoms with Gasteiger partial charge in [0.05, 0.1) is 16.6 Å². The van der Waals surface area contributed by atoms with E-state index >= 15 is 0 Å². The number of amides is 2. The number of aromatic amines is 1. The number of rotatable bonds is 5. The van der Waals surface area contributed by atoms with Gasteiger partial charge in [0.15, 0.2) is 0 Å². The summed E-state index contributed by atoms with van der Waals surface area (Å²) in [5, 5.41) is 5.90. The van der Waals surface area contributed by atoms with Gasteiger partial charge in [-0.05, 0) is 67.4 Å². The number of hydrogen-bond donors (Lipinski definition) is 3. The fourth-order valence-electron chi connectivity index (χ4n) is 4.07. The van der Waals surface area contributed by atoms with Gasteiger partial charge in [0.1, 0.15) is 5.82 Å². The molecule has 4 aromatic rings. The van der Waals surface area contributed by atoms with E-state index in [0.717, 1.165) is 53.8 Å². The molecule has 2 amide bonds. The molecule has 0 atom stereocenters. The number of hydrogen-bond acceptors (Lipinski definition) is 4. The Morgan fingerprint density at radius 3 is 2.47 bits per heavy atom. The summed E-state index contributed by atoms with van der Waals surface area (Å²) < 4.78 is 0. The number of nitrogens with one attached hydrogen (secondary N) is 3. The molecule has 1 aliphatic carbocycles. The molecule has 1 fully saturated rings. The third kappa shape index (κ3) is 4.23. The van der Waals surface area contributed by atoms with Crippen molar-refractivity contribution in [1.29, 1.82) is 0 Å². The highest BCUT2D eigenvalue weighted by atomic mass is 16.2. The van der Waals surface area contributed by atoms with Gasteiger partial charge in [0, 0.05) is 35.2 Å². The summed E-state index contributed by atoms with van der Waals surface area (Å²) in [6.07, 6.45) is 7.39. The van der Waals surface area contributed by atoms with Crippen molar-refractivity contribution in [2.75, 3.05) is 10.6 Å². The first-order chi connectivity index (χ1) is 15.7. The van der Waals surface area contributed by atoms with Gasteiger partial charge in [-0.2, -0.15) is 0 Å². The quantitative estimate of drug-likeness (QED) is 0.419. The van der Waals surface area contributed by atoms with Crippen LogP contribution in [0.2, 0.25) is 0 Å². The summed E-state index contributed by atoms with van der Waals surface area (Å²) in [4.78, 5) is 36.6. The minimum Gasteiger partial charge on any atom is -0.338 e. The van der Waals surface area contributed by atoms with Crippen molar-refractivity contribution >= 4 is 34.2 Å². The molecule has 7 nitrogen and oxygen atoms in total. The summed E-state index contributed by atoms with van der Waals surface area (Å²) in [5.74, 6) is 0.759. The first kappa shape index (κ1) is 19.9. The average molecular weight is 425 g/mol. The van der Waals surface area contributed by atoms with Crippen LogP contribution in [0.1, 0.15) is 36.0 Å². The maximum Gasteiger partial charge on any atom is 0.257 e. The Hall–Kier alpha value is -4.00. The molecule has 7 heteroatoms. The van der Waals surface area contributed by atoms with E-state index in [9.17, 15) is 9.59 Å². The normalized spacial score (nSPS) is 13.9. The molecule has 2 aromatic carbocycles. The number of imidazole rings is 1. The molecule has 0 unspecified atom stereocenters. The number of nitrogens with zero attached hydrogens (tertiary/aromatic N) is 2. The minimum absolute atomic E-state index is 0.111. The van der Waals surface area contributed by atoms with E-state index in [-0.39, 0.29) is 17.7 Å². The number of aromatic nitrogens is 3. The van der Waals surface area contributed by atoms with Crippen LogP contribution in [-0.2, 0) is 4.79 Å². The Balaban J connectivity index is 1.30. The van der Waals surface area contributed by atoms with Crippen molar-refractivity contribution in [3.63, 3.8) is 0 Å². The molecule has 0 radical (unpaired) electrons. The van der Waals surface area contributed by atoms with Gasteiger partial charge in [-0.3, -0.25) is 14.6 Å². The molecule has 0 aliphatic heterocycles. The van der Waals surface area contributed by atoms with Gasteiger partial charge in [-0.15, -0.1) is 0 Å². The molecule has 1 aliphatic rings. The third-order valence-electron chi connectivity index (χ3n) is 5.82. The van der Waals surface area contributed by atoms with Gasteiger partial charge < -0.3 is 15.6 Å². The second-order valence-electron chi connectivity index (χ2n) is 8.06. The van der Waals surface area contributed by atoms with Crippen molar-refractivity contribution in [3.05, 3.63) is 72.6 Å². The van der Waals surface area contributed by atoms with Crippen molar-refractivity contribution in [2.24, 2.45) is 5.92 Å². The number of fused-ring (bicyclic) bond motifs is 1. The lowest BCUT2D eigenvalue weighted by Crippen LogP contribution is -2.20. The van der Waals surface area contributed by atoms with Gasteiger partial charge in [0.25, 0.3) is 5.91 Å². The highest BCUT2D eigenvalue weighted by Crippen LogP contribution is 2.27. The van der Waals surface area contributed by atoms with E-state index < -0.39 is 0 Å². The zero-order chi connectivity index (χ0) is 21.9. The molecule has 2 heterocycles. The van der Waals surface area contributed by atoms with E-state index in [1.165, 1.54) is 6.20 Å². The lowest BCUT2D eigenvalue weighted by atomic mass is 10.1. The molecule has 1 saturated carbocycles. The standard InChI is InChI=1S/C25H23N5O2/c31-24(17-4-1-2-5-17)27-19-9-7-16(8-10-19)23-29-21-12-11-20(14-22(21)30-23)28-25(32)18-6-3-13-26-15-18/h3,6-15,17H,1-2,4-5H2,(H,27,31)(H,28,32)(H,29,30). The molecular weight excluding hydrogens is 402 g/mol. The monoisotopic (exact) mass is 425 g/mol. The van der Waals surface area contributed by atoms with E-state index in [4.69, 9.17) is 0 Å². The van der Waals surface area contributed by atoms with Crippen LogP contribution in [0.3, 0.4) is 0 Å². The highest BCUT2D eigenvalue weighted by molar-refractivity contribution is 6.04. The Morgan fingerprint density at radius 1 is 0.938 bits per heavy atom. The number of benzene rings is 2. The molecule has 0 spiro atoms. The minimum atomic E-state index is -0.215. The Morgan fingerprint density at radius 2 is 1.72 bits per heavy atom. The molecule has 3 N–H and O–H groups in total. The van der Waals surface area contributed by atoms with Gasteiger partial charge in [0.2, 0.25) is 5.91 Å². The first-order valence-corrected chi connectivity index (χ1v) is 10.8. The Labute approximate surface area is 185 Å². The topological polar surface area (TPSA) is 99.8 Å². The van der Waals surface area contributed by atoms with Crippen LogP contribution in [0.15, 0.2) is 67.0 Å². The predicted molar refractivity (Wildman–Crippen MR) is 124 cm³/mol. The summed E-state index contributed by atoms with van der Waals surface area (Å²) in [7, 11) is 0. The number of pyridine rings is 1. The average Bonchev–Trinajstić information content (AvgIpc) is 3.50.